The molecule has 0 bridgehead atoms. The number of piperazine rings is 1. The average molecular weight is 237 g/mol. The maximum absolute atomic E-state index is 12.3. The lowest BCUT2D eigenvalue weighted by Gasteiger charge is -2.37. The van der Waals surface area contributed by atoms with E-state index in [0.29, 0.717) is 32.1 Å². The first-order valence-corrected chi connectivity index (χ1v) is 6.59. The Morgan fingerprint density at radius 3 is 2.76 bits per heavy atom. The molecule has 0 aromatic rings. The lowest BCUT2D eigenvalue weighted by Crippen LogP contribution is -2.54. The molecule has 1 aliphatic carbocycles. The molecule has 17 heavy (non-hydrogen) atoms. The summed E-state index contributed by atoms with van der Waals surface area (Å²) in [5.74, 6) is 0.577. The second-order valence-corrected chi connectivity index (χ2v) is 5.30. The molecule has 2 heterocycles. The van der Waals surface area contributed by atoms with E-state index in [1.54, 1.807) is 0 Å². The quantitative estimate of drug-likeness (QED) is 0.718. The summed E-state index contributed by atoms with van der Waals surface area (Å²) in [4.78, 5) is 27.6. The SMILES string of the molecule is O=C(C1CCCC1)N1CCN2C(=O)NC[C@H]2C1. The summed E-state index contributed by atoms with van der Waals surface area (Å²) in [5, 5.41) is 2.84. The molecule has 2 aliphatic heterocycles. The van der Waals surface area contributed by atoms with Crippen molar-refractivity contribution in [3.8, 4) is 0 Å². The molecule has 94 valence electrons. The Labute approximate surface area is 101 Å². The van der Waals surface area contributed by atoms with Crippen molar-refractivity contribution in [1.82, 2.24) is 15.1 Å². The van der Waals surface area contributed by atoms with Gasteiger partial charge in [0, 0.05) is 32.1 Å². The van der Waals surface area contributed by atoms with Gasteiger partial charge in [0.25, 0.3) is 0 Å². The number of hydrogen-bond donors (Lipinski definition) is 1. The molecule has 0 radical (unpaired) electrons. The lowest BCUT2D eigenvalue weighted by atomic mass is 10.1. The zero-order chi connectivity index (χ0) is 11.8. The van der Waals surface area contributed by atoms with Gasteiger partial charge in [-0.3, -0.25) is 4.79 Å². The molecule has 0 unspecified atom stereocenters. The van der Waals surface area contributed by atoms with Gasteiger partial charge < -0.3 is 15.1 Å². The van der Waals surface area contributed by atoms with E-state index >= 15 is 0 Å². The van der Waals surface area contributed by atoms with Gasteiger partial charge in [0.15, 0.2) is 0 Å². The van der Waals surface area contributed by atoms with Crippen molar-refractivity contribution in [2.24, 2.45) is 5.92 Å². The van der Waals surface area contributed by atoms with Crippen LogP contribution in [-0.2, 0) is 4.79 Å². The number of hydrogen-bond acceptors (Lipinski definition) is 2. The van der Waals surface area contributed by atoms with Gasteiger partial charge in [-0.15, -0.1) is 0 Å². The van der Waals surface area contributed by atoms with Gasteiger partial charge in [-0.05, 0) is 12.8 Å². The van der Waals surface area contributed by atoms with Crippen LogP contribution in [0.25, 0.3) is 0 Å². The van der Waals surface area contributed by atoms with Crippen LogP contribution in [0, 0.1) is 5.92 Å². The van der Waals surface area contributed by atoms with Crippen molar-refractivity contribution >= 4 is 11.9 Å². The highest BCUT2D eigenvalue weighted by atomic mass is 16.2. The van der Waals surface area contributed by atoms with E-state index < -0.39 is 0 Å². The van der Waals surface area contributed by atoms with Gasteiger partial charge in [-0.25, -0.2) is 4.79 Å². The summed E-state index contributed by atoms with van der Waals surface area (Å²) in [6.07, 6.45) is 4.50. The zero-order valence-corrected chi connectivity index (χ0v) is 10.0. The van der Waals surface area contributed by atoms with E-state index in [0.717, 1.165) is 12.8 Å². The summed E-state index contributed by atoms with van der Waals surface area (Å²) in [6, 6.07) is 0.226. The first-order valence-electron chi connectivity index (χ1n) is 6.59. The standard InChI is InChI=1S/C12H19N3O2/c16-11(9-3-1-2-4-9)14-5-6-15-10(8-14)7-13-12(15)17/h9-10H,1-8H2,(H,13,17)/t10-/m0/s1. The van der Waals surface area contributed by atoms with Crippen LogP contribution in [0.4, 0.5) is 4.79 Å². The Kier molecular flexibility index (Phi) is 2.68. The molecule has 5 nitrogen and oxygen atoms in total. The summed E-state index contributed by atoms with van der Waals surface area (Å²) in [6.45, 7) is 2.80. The molecular weight excluding hydrogens is 218 g/mol. The maximum Gasteiger partial charge on any atom is 0.317 e. The number of rotatable bonds is 1. The highest BCUT2D eigenvalue weighted by molar-refractivity contribution is 5.81. The van der Waals surface area contributed by atoms with Crippen LogP contribution in [0.1, 0.15) is 25.7 Å². The van der Waals surface area contributed by atoms with E-state index in [2.05, 4.69) is 5.32 Å². The molecule has 2 saturated heterocycles. The van der Waals surface area contributed by atoms with Crippen LogP contribution >= 0.6 is 0 Å². The fourth-order valence-corrected chi connectivity index (χ4v) is 3.24. The largest absolute Gasteiger partial charge is 0.339 e. The Balaban J connectivity index is 1.62. The predicted octanol–water partition coefficient (Wildman–Crippen LogP) is 0.413. The van der Waals surface area contributed by atoms with Crippen LogP contribution in [0.15, 0.2) is 0 Å². The van der Waals surface area contributed by atoms with Crippen molar-refractivity contribution in [2.45, 2.75) is 31.7 Å². The molecule has 3 aliphatic rings. The molecule has 0 spiro atoms. The molecule has 1 saturated carbocycles. The van der Waals surface area contributed by atoms with Crippen molar-refractivity contribution in [3.05, 3.63) is 0 Å². The number of amides is 3. The van der Waals surface area contributed by atoms with Gasteiger partial charge in [0.2, 0.25) is 5.91 Å². The summed E-state index contributed by atoms with van der Waals surface area (Å²) < 4.78 is 0. The van der Waals surface area contributed by atoms with Gasteiger partial charge in [-0.2, -0.15) is 0 Å². The highest BCUT2D eigenvalue weighted by Gasteiger charge is 2.38. The van der Waals surface area contributed by atoms with E-state index in [1.807, 2.05) is 9.80 Å². The molecule has 1 atom stereocenters. The van der Waals surface area contributed by atoms with E-state index in [4.69, 9.17) is 0 Å². The van der Waals surface area contributed by atoms with E-state index in [-0.39, 0.29) is 18.0 Å². The van der Waals surface area contributed by atoms with Crippen LogP contribution in [0.2, 0.25) is 0 Å². The summed E-state index contributed by atoms with van der Waals surface area (Å²) >= 11 is 0. The second kappa shape index (κ2) is 4.20. The van der Waals surface area contributed by atoms with Crippen molar-refractivity contribution in [1.29, 1.82) is 0 Å². The van der Waals surface area contributed by atoms with Gasteiger partial charge in [-0.1, -0.05) is 12.8 Å². The molecular formula is C12H19N3O2. The normalized spacial score (nSPS) is 29.4. The van der Waals surface area contributed by atoms with Crippen LogP contribution in [0.3, 0.4) is 0 Å². The zero-order valence-electron chi connectivity index (χ0n) is 10.0. The third-order valence-electron chi connectivity index (χ3n) is 4.25. The van der Waals surface area contributed by atoms with Gasteiger partial charge in [0.05, 0.1) is 6.04 Å². The fourth-order valence-electron chi connectivity index (χ4n) is 3.24. The lowest BCUT2D eigenvalue weighted by molar-refractivity contribution is -0.137. The van der Waals surface area contributed by atoms with Crippen LogP contribution in [-0.4, -0.2) is 54.0 Å². The third-order valence-corrected chi connectivity index (χ3v) is 4.25. The fraction of sp³-hybridized carbons (Fsp3) is 0.833. The number of carbonyl (C=O) groups is 2. The minimum Gasteiger partial charge on any atom is -0.339 e. The number of urea groups is 1. The smallest absolute Gasteiger partial charge is 0.317 e. The first-order chi connectivity index (χ1) is 8.25. The number of fused-ring (bicyclic) bond motifs is 1. The average Bonchev–Trinajstić information content (AvgIpc) is 2.98. The minimum atomic E-state index is 0.0305. The Hall–Kier alpha value is -1.26. The highest BCUT2D eigenvalue weighted by Crippen LogP contribution is 2.27. The summed E-state index contributed by atoms with van der Waals surface area (Å²) in [5.41, 5.74) is 0. The molecule has 0 aromatic heterocycles. The second-order valence-electron chi connectivity index (χ2n) is 5.30. The molecule has 1 N–H and O–H groups in total. The van der Waals surface area contributed by atoms with Crippen molar-refractivity contribution in [3.63, 3.8) is 0 Å². The van der Waals surface area contributed by atoms with Crippen LogP contribution < -0.4 is 5.32 Å². The number of nitrogens with one attached hydrogen (secondary N) is 1. The third kappa shape index (κ3) is 1.87. The van der Waals surface area contributed by atoms with Crippen LogP contribution in [0.5, 0.6) is 0 Å². The number of carbonyl (C=O) groups excluding carboxylic acids is 2. The maximum atomic E-state index is 12.3. The van der Waals surface area contributed by atoms with Crippen molar-refractivity contribution < 1.29 is 9.59 Å². The predicted molar refractivity (Wildman–Crippen MR) is 62.4 cm³/mol. The molecule has 3 amide bonds. The Morgan fingerprint density at radius 2 is 2.00 bits per heavy atom. The van der Waals surface area contributed by atoms with Gasteiger partial charge >= 0.3 is 6.03 Å². The van der Waals surface area contributed by atoms with Gasteiger partial charge in [0.1, 0.15) is 0 Å². The topological polar surface area (TPSA) is 52.7 Å². The van der Waals surface area contributed by atoms with E-state index in [1.165, 1.54) is 12.8 Å². The monoisotopic (exact) mass is 237 g/mol. The molecule has 3 fully saturated rings. The molecule has 3 rings (SSSR count). The Bertz CT molecular complexity index is 339. The molecule has 5 heteroatoms. The van der Waals surface area contributed by atoms with Crippen molar-refractivity contribution in [2.75, 3.05) is 26.2 Å². The Morgan fingerprint density at radius 1 is 1.24 bits per heavy atom. The number of nitrogens with zero attached hydrogens (tertiary/aromatic N) is 2. The van der Waals surface area contributed by atoms with E-state index in [9.17, 15) is 9.59 Å². The summed E-state index contributed by atoms with van der Waals surface area (Å²) in [7, 11) is 0. The first kappa shape index (κ1) is 10.9. The minimum absolute atomic E-state index is 0.0305. The molecule has 0 aromatic carbocycles.